The minimum Gasteiger partial charge on any atom is -0.497 e. The lowest BCUT2D eigenvalue weighted by atomic mass is 9.95. The van der Waals surface area contributed by atoms with Crippen molar-refractivity contribution in [2.75, 3.05) is 32.2 Å². The number of amides is 3. The number of carbonyl (C=O) groups excluding carboxylic acids is 3. The first-order valence-electron chi connectivity index (χ1n) is 8.68. The Hall–Kier alpha value is -2.61. The molecule has 2 aliphatic heterocycles. The number of piperidine rings is 1. The van der Waals surface area contributed by atoms with Gasteiger partial charge in [-0.15, -0.1) is 0 Å². The van der Waals surface area contributed by atoms with Gasteiger partial charge in [0.05, 0.1) is 39.4 Å². The monoisotopic (exact) mass is 362 g/mol. The molecule has 0 bridgehead atoms. The van der Waals surface area contributed by atoms with E-state index >= 15 is 0 Å². The molecule has 1 aromatic rings. The summed E-state index contributed by atoms with van der Waals surface area (Å²) in [7, 11) is 3.03. The van der Waals surface area contributed by atoms with E-state index in [1.807, 2.05) is 0 Å². The Bertz CT molecular complexity index is 705. The van der Waals surface area contributed by atoms with Crippen molar-refractivity contribution in [3.8, 4) is 11.5 Å². The third kappa shape index (κ3) is 3.37. The Morgan fingerprint density at radius 1 is 1.12 bits per heavy atom. The average Bonchev–Trinajstić information content (AvgIpc) is 2.95. The molecule has 1 aromatic carbocycles. The zero-order valence-electron chi connectivity index (χ0n) is 15.0. The molecule has 2 fully saturated rings. The number of nitrogens with zero attached hydrogens (tertiary/aromatic N) is 1. The predicted molar refractivity (Wildman–Crippen MR) is 93.1 cm³/mol. The van der Waals surface area contributed by atoms with E-state index < -0.39 is 6.04 Å². The highest BCUT2D eigenvalue weighted by molar-refractivity contribution is 6.22. The molecule has 140 valence electrons. The second-order valence-corrected chi connectivity index (χ2v) is 6.73. The van der Waals surface area contributed by atoms with Crippen LogP contribution in [0.2, 0.25) is 0 Å². The van der Waals surface area contributed by atoms with Crippen molar-refractivity contribution >= 4 is 23.4 Å². The molecule has 0 aromatic heterocycles. The van der Waals surface area contributed by atoms with Crippen LogP contribution in [0.15, 0.2) is 18.2 Å². The number of nitrogens with one attached hydrogen (secondary N) is 1. The second kappa shape index (κ2) is 7.33. The molecule has 2 aliphatic rings. The maximum Gasteiger partial charge on any atom is 0.292 e. The van der Waals surface area contributed by atoms with Crippen molar-refractivity contribution in [2.45, 2.75) is 25.3 Å². The van der Waals surface area contributed by atoms with Gasteiger partial charge in [-0.25, -0.2) is 4.90 Å². The van der Waals surface area contributed by atoms with Crippen LogP contribution in [0.25, 0.3) is 0 Å². The van der Waals surface area contributed by atoms with Crippen LogP contribution in [-0.4, -0.2) is 51.1 Å². The van der Waals surface area contributed by atoms with Crippen LogP contribution in [0, 0.1) is 5.92 Å². The molecule has 3 N–H and O–H groups in total. The largest absolute Gasteiger partial charge is 0.497 e. The van der Waals surface area contributed by atoms with Gasteiger partial charge in [0.2, 0.25) is 11.8 Å². The number of likely N-dealkylation sites (tertiary alicyclic amines) is 1. The standard InChI is InChI=1S/C18H23N3O5/c1-25-13-7-12(8-14(9-13)26-2)21-16(22)10-15(18(21)24)20-5-3-11(4-6-20)17(19)23/h7-9,11,15H,3-6,10H2,1-2H3,(H2,19,23)/p+1/t15-/m0/s1. The molecule has 0 spiro atoms. The summed E-state index contributed by atoms with van der Waals surface area (Å²) in [4.78, 5) is 39.1. The fraction of sp³-hybridized carbons (Fsp3) is 0.500. The van der Waals surface area contributed by atoms with E-state index in [1.54, 1.807) is 18.2 Å². The van der Waals surface area contributed by atoms with Gasteiger partial charge in [-0.3, -0.25) is 14.4 Å². The lowest BCUT2D eigenvalue weighted by Gasteiger charge is -2.30. The highest BCUT2D eigenvalue weighted by Gasteiger charge is 2.47. The summed E-state index contributed by atoms with van der Waals surface area (Å²) >= 11 is 0. The number of hydrogen-bond donors (Lipinski definition) is 2. The fourth-order valence-corrected chi connectivity index (χ4v) is 3.77. The summed E-state index contributed by atoms with van der Waals surface area (Å²) in [6.45, 7) is 1.32. The lowest BCUT2D eigenvalue weighted by Crippen LogP contribution is -3.17. The Morgan fingerprint density at radius 2 is 1.69 bits per heavy atom. The molecular formula is C18H24N3O5+. The van der Waals surface area contributed by atoms with E-state index in [1.165, 1.54) is 19.1 Å². The van der Waals surface area contributed by atoms with E-state index in [0.29, 0.717) is 43.1 Å². The highest BCUT2D eigenvalue weighted by atomic mass is 16.5. The van der Waals surface area contributed by atoms with Crippen LogP contribution in [0.3, 0.4) is 0 Å². The molecule has 1 atom stereocenters. The number of anilines is 1. The molecule has 26 heavy (non-hydrogen) atoms. The van der Waals surface area contributed by atoms with Gasteiger partial charge in [0.1, 0.15) is 11.5 Å². The van der Waals surface area contributed by atoms with Crippen LogP contribution >= 0.6 is 0 Å². The van der Waals surface area contributed by atoms with Crippen molar-refractivity contribution in [3.05, 3.63) is 18.2 Å². The quantitative estimate of drug-likeness (QED) is 0.662. The third-order valence-corrected chi connectivity index (χ3v) is 5.26. The number of primary amides is 1. The van der Waals surface area contributed by atoms with Gasteiger partial charge in [-0.05, 0) is 0 Å². The lowest BCUT2D eigenvalue weighted by molar-refractivity contribution is -0.920. The van der Waals surface area contributed by atoms with Gasteiger partial charge in [-0.1, -0.05) is 0 Å². The number of nitrogens with two attached hydrogens (primary N) is 1. The first-order chi connectivity index (χ1) is 12.4. The number of ether oxygens (including phenoxy) is 2. The number of methoxy groups -OCH3 is 2. The van der Waals surface area contributed by atoms with E-state index in [9.17, 15) is 14.4 Å². The van der Waals surface area contributed by atoms with Crippen LogP contribution in [-0.2, 0) is 14.4 Å². The Morgan fingerprint density at radius 3 is 2.19 bits per heavy atom. The molecule has 0 aliphatic carbocycles. The number of rotatable bonds is 5. The minimum atomic E-state index is -0.423. The summed E-state index contributed by atoms with van der Waals surface area (Å²) in [5.41, 5.74) is 5.82. The fourth-order valence-electron chi connectivity index (χ4n) is 3.77. The predicted octanol–water partition coefficient (Wildman–Crippen LogP) is -0.884. The zero-order chi connectivity index (χ0) is 18.8. The van der Waals surface area contributed by atoms with Crippen LogP contribution in [0.4, 0.5) is 5.69 Å². The van der Waals surface area contributed by atoms with Crippen molar-refractivity contribution in [1.29, 1.82) is 0 Å². The summed E-state index contributed by atoms with van der Waals surface area (Å²) < 4.78 is 10.5. The number of quaternary nitrogens is 1. The molecule has 0 saturated carbocycles. The van der Waals surface area contributed by atoms with Gasteiger partial charge in [-0.2, -0.15) is 0 Å². The van der Waals surface area contributed by atoms with Gasteiger partial charge in [0.25, 0.3) is 5.91 Å². The smallest absolute Gasteiger partial charge is 0.292 e. The molecule has 0 unspecified atom stereocenters. The number of imide groups is 1. The van der Waals surface area contributed by atoms with E-state index in [2.05, 4.69) is 0 Å². The molecule has 8 heteroatoms. The molecule has 3 amide bonds. The van der Waals surface area contributed by atoms with E-state index in [-0.39, 0.29) is 30.1 Å². The topological polar surface area (TPSA) is 103 Å². The number of hydrogen-bond acceptors (Lipinski definition) is 5. The molecule has 3 rings (SSSR count). The maximum atomic E-state index is 12.9. The summed E-state index contributed by atoms with van der Waals surface area (Å²) in [5, 5.41) is 0. The van der Waals surface area contributed by atoms with Crippen LogP contribution in [0.5, 0.6) is 11.5 Å². The van der Waals surface area contributed by atoms with Gasteiger partial charge in [0, 0.05) is 37.0 Å². The molecule has 2 saturated heterocycles. The summed E-state index contributed by atoms with van der Waals surface area (Å²) in [6.07, 6.45) is 1.46. The van der Waals surface area contributed by atoms with Crippen LogP contribution in [0.1, 0.15) is 19.3 Å². The van der Waals surface area contributed by atoms with E-state index in [4.69, 9.17) is 15.2 Å². The van der Waals surface area contributed by atoms with Crippen molar-refractivity contribution < 1.29 is 28.8 Å². The summed E-state index contributed by atoms with van der Waals surface area (Å²) in [6, 6.07) is 4.56. The first-order valence-corrected chi connectivity index (χ1v) is 8.68. The third-order valence-electron chi connectivity index (χ3n) is 5.26. The van der Waals surface area contributed by atoms with Crippen molar-refractivity contribution in [3.63, 3.8) is 0 Å². The SMILES string of the molecule is COc1cc(OC)cc(N2C(=O)C[C@H]([NH+]3CCC(C(N)=O)CC3)C2=O)c1. The Kier molecular flexibility index (Phi) is 5.13. The zero-order valence-corrected chi connectivity index (χ0v) is 15.0. The molecule has 2 heterocycles. The Balaban J connectivity index is 1.79. The first kappa shape index (κ1) is 18.2. The number of benzene rings is 1. The number of carbonyl (C=O) groups is 3. The molecule has 0 radical (unpaired) electrons. The molecule has 8 nitrogen and oxygen atoms in total. The van der Waals surface area contributed by atoms with Gasteiger partial charge in [0.15, 0.2) is 6.04 Å². The Labute approximate surface area is 151 Å². The van der Waals surface area contributed by atoms with Crippen molar-refractivity contribution in [1.82, 2.24) is 0 Å². The van der Waals surface area contributed by atoms with Gasteiger partial charge >= 0.3 is 0 Å². The normalized spacial score (nSPS) is 26.1. The van der Waals surface area contributed by atoms with Crippen LogP contribution < -0.4 is 25.0 Å². The maximum absolute atomic E-state index is 12.9. The van der Waals surface area contributed by atoms with Crippen molar-refractivity contribution in [2.24, 2.45) is 11.7 Å². The molecular weight excluding hydrogens is 338 g/mol. The average molecular weight is 362 g/mol. The van der Waals surface area contributed by atoms with E-state index in [0.717, 1.165) is 4.90 Å². The van der Waals surface area contributed by atoms with Gasteiger partial charge < -0.3 is 20.1 Å². The highest BCUT2D eigenvalue weighted by Crippen LogP contribution is 2.31. The minimum absolute atomic E-state index is 0.135. The second-order valence-electron chi connectivity index (χ2n) is 6.73. The summed E-state index contributed by atoms with van der Waals surface area (Å²) in [5.74, 6) is 0.140.